The topological polar surface area (TPSA) is 70.3 Å². The number of ether oxygens (including phenoxy) is 1. The van der Waals surface area contributed by atoms with Gasteiger partial charge in [-0.15, -0.1) is 0 Å². The Kier molecular flexibility index (Phi) is 9.04. The van der Waals surface area contributed by atoms with E-state index in [1.807, 2.05) is 6.08 Å². The summed E-state index contributed by atoms with van der Waals surface area (Å²) in [6.45, 7) is 8.60. The van der Waals surface area contributed by atoms with Crippen LogP contribution in [0.2, 0.25) is 0 Å². The summed E-state index contributed by atoms with van der Waals surface area (Å²) >= 11 is 0. The maximum atomic E-state index is 12.4. The largest absolute Gasteiger partial charge is 0.390 e. The molecule has 0 bridgehead atoms. The fourth-order valence-electron chi connectivity index (χ4n) is 8.90. The summed E-state index contributed by atoms with van der Waals surface area (Å²) in [6, 6.07) is 2.19. The molecule has 0 aliphatic heterocycles. The maximum Gasteiger partial charge on any atom is 0.155 e. The van der Waals surface area contributed by atoms with Gasteiger partial charge in [-0.25, -0.2) is 0 Å². The van der Waals surface area contributed by atoms with Crippen LogP contribution in [0.15, 0.2) is 11.6 Å². The smallest absolute Gasteiger partial charge is 0.155 e. The average Bonchev–Trinajstić information content (AvgIpc) is 3.09. The molecule has 3 fully saturated rings. The fraction of sp³-hybridized carbons (Fsp3) is 0.875. The van der Waals surface area contributed by atoms with Crippen molar-refractivity contribution < 1.29 is 14.6 Å². The van der Waals surface area contributed by atoms with Gasteiger partial charge in [-0.05, 0) is 112 Å². The van der Waals surface area contributed by atoms with E-state index in [1.54, 1.807) is 0 Å². The molecular weight excluding hydrogens is 446 g/mol. The van der Waals surface area contributed by atoms with Crippen LogP contribution < -0.4 is 0 Å². The monoisotopic (exact) mass is 497 g/mol. The predicted octanol–water partition coefficient (Wildman–Crippen LogP) is 7.55. The minimum atomic E-state index is -0.537. The molecule has 0 aromatic heterocycles. The Labute approximate surface area is 220 Å². The predicted molar refractivity (Wildman–Crippen MR) is 144 cm³/mol. The van der Waals surface area contributed by atoms with Crippen LogP contribution in [0.4, 0.5) is 0 Å². The van der Waals surface area contributed by atoms with Crippen LogP contribution in [0.5, 0.6) is 0 Å². The Morgan fingerprint density at radius 3 is 2.44 bits per heavy atom. The van der Waals surface area contributed by atoms with Crippen molar-refractivity contribution in [3.63, 3.8) is 0 Å². The lowest BCUT2D eigenvalue weighted by Crippen LogP contribution is -2.56. The third kappa shape index (κ3) is 5.49. The number of carbonyl (C=O) groups excluding carboxylic acids is 1. The van der Waals surface area contributed by atoms with Gasteiger partial charge in [0.25, 0.3) is 0 Å². The molecule has 4 aliphatic carbocycles. The summed E-state index contributed by atoms with van der Waals surface area (Å²) in [6.07, 6.45) is 19.4. The molecular formula is C32H51NO3. The molecule has 36 heavy (non-hydrogen) atoms. The number of aliphatic hydroxyl groups is 1. The number of hydrogen-bond donors (Lipinski definition) is 1. The van der Waals surface area contributed by atoms with E-state index in [4.69, 9.17) is 10.00 Å². The SMILES string of the molecule is C[C@]12CCC(=O)C=C1C[C@@H](CCCCCCCOCCCCC#N)[C@@H]1[C@@H]2CC[C@@]2(C)[C@H]1CC[C@]2(C)O. The molecule has 4 aliphatic rings. The van der Waals surface area contributed by atoms with Crippen molar-refractivity contribution in [1.82, 2.24) is 0 Å². The second-order valence-electron chi connectivity index (χ2n) is 13.4. The first kappa shape index (κ1) is 27.8. The molecule has 0 aromatic rings. The van der Waals surface area contributed by atoms with Crippen LogP contribution in [0.3, 0.4) is 0 Å². The van der Waals surface area contributed by atoms with Crippen LogP contribution in [0.1, 0.15) is 124 Å². The molecule has 0 amide bonds. The third-order valence-corrected chi connectivity index (χ3v) is 11.4. The molecule has 0 heterocycles. The molecule has 0 spiro atoms. The Bertz CT molecular complexity index is 841. The normalized spacial score (nSPS) is 39.6. The van der Waals surface area contributed by atoms with Gasteiger partial charge in [0, 0.05) is 26.1 Å². The lowest BCUT2D eigenvalue weighted by Gasteiger charge is -2.61. The minimum Gasteiger partial charge on any atom is -0.390 e. The van der Waals surface area contributed by atoms with Crippen molar-refractivity contribution in [3.05, 3.63) is 11.6 Å². The third-order valence-electron chi connectivity index (χ3n) is 11.4. The number of ketones is 1. The zero-order valence-electron chi connectivity index (χ0n) is 23.3. The zero-order valence-corrected chi connectivity index (χ0v) is 23.3. The summed E-state index contributed by atoms with van der Waals surface area (Å²) < 4.78 is 5.71. The first-order valence-corrected chi connectivity index (χ1v) is 15.1. The number of allylic oxidation sites excluding steroid dienone is 1. The summed E-state index contributed by atoms with van der Waals surface area (Å²) in [7, 11) is 0. The second kappa shape index (κ2) is 11.7. The number of carbonyl (C=O) groups is 1. The van der Waals surface area contributed by atoms with E-state index < -0.39 is 5.60 Å². The highest BCUT2D eigenvalue weighted by Gasteiger charge is 2.64. The van der Waals surface area contributed by atoms with Crippen LogP contribution in [-0.4, -0.2) is 29.7 Å². The van der Waals surface area contributed by atoms with Gasteiger partial charge in [0.05, 0.1) is 11.7 Å². The van der Waals surface area contributed by atoms with Crippen molar-refractivity contribution in [2.24, 2.45) is 34.5 Å². The standard InChI is InChI=1S/C32H51NO3/c1-30-16-13-26(34)23-25(30)22-24(12-8-5-4-6-10-20-36-21-11-7-9-19-33)29-27(30)14-17-31(2)28(29)15-18-32(31,3)35/h23-24,27-29,35H,4-18,20-22H2,1-3H3/t24-,27+,28+,29-,30+,31+,32+/m1/s1. The van der Waals surface area contributed by atoms with Crippen molar-refractivity contribution in [1.29, 1.82) is 5.26 Å². The lowest BCUT2D eigenvalue weighted by atomic mass is 9.44. The van der Waals surface area contributed by atoms with E-state index in [9.17, 15) is 9.90 Å². The van der Waals surface area contributed by atoms with Crippen molar-refractivity contribution in [2.45, 2.75) is 129 Å². The Hall–Kier alpha value is -1.18. The van der Waals surface area contributed by atoms with Gasteiger partial charge >= 0.3 is 0 Å². The summed E-state index contributed by atoms with van der Waals surface area (Å²) in [4.78, 5) is 12.4. The van der Waals surface area contributed by atoms with Gasteiger partial charge in [-0.2, -0.15) is 5.26 Å². The second-order valence-corrected chi connectivity index (χ2v) is 13.4. The van der Waals surface area contributed by atoms with Crippen molar-refractivity contribution in [3.8, 4) is 6.07 Å². The highest BCUT2D eigenvalue weighted by atomic mass is 16.5. The Morgan fingerprint density at radius 1 is 0.972 bits per heavy atom. The molecule has 0 aromatic carbocycles. The number of nitriles is 1. The molecule has 4 rings (SSSR count). The van der Waals surface area contributed by atoms with Gasteiger partial charge in [-0.1, -0.05) is 45.1 Å². The fourth-order valence-corrected chi connectivity index (χ4v) is 8.90. The zero-order chi connectivity index (χ0) is 25.8. The molecule has 3 saturated carbocycles. The minimum absolute atomic E-state index is 0.0447. The van der Waals surface area contributed by atoms with Gasteiger partial charge in [-0.3, -0.25) is 4.79 Å². The summed E-state index contributed by atoms with van der Waals surface area (Å²) in [5, 5.41) is 19.9. The van der Waals surface area contributed by atoms with Gasteiger partial charge in [0.2, 0.25) is 0 Å². The quantitative estimate of drug-likeness (QED) is 0.283. The molecule has 7 atom stereocenters. The van der Waals surface area contributed by atoms with E-state index in [0.29, 0.717) is 35.9 Å². The van der Waals surface area contributed by atoms with E-state index in [1.165, 1.54) is 50.5 Å². The molecule has 0 radical (unpaired) electrons. The molecule has 4 heteroatoms. The molecule has 202 valence electrons. The first-order valence-electron chi connectivity index (χ1n) is 15.1. The molecule has 0 unspecified atom stereocenters. The van der Waals surface area contributed by atoms with Crippen LogP contribution in [0, 0.1) is 45.8 Å². The summed E-state index contributed by atoms with van der Waals surface area (Å²) in [5.74, 6) is 3.00. The average molecular weight is 498 g/mol. The Balaban J connectivity index is 1.31. The number of nitrogens with zero attached hydrogens (tertiary/aromatic N) is 1. The molecule has 1 N–H and O–H groups in total. The van der Waals surface area contributed by atoms with Crippen LogP contribution in [0.25, 0.3) is 0 Å². The number of rotatable bonds is 12. The van der Waals surface area contributed by atoms with Gasteiger partial charge in [0.15, 0.2) is 5.78 Å². The Morgan fingerprint density at radius 2 is 1.67 bits per heavy atom. The highest BCUT2D eigenvalue weighted by molar-refractivity contribution is 5.91. The van der Waals surface area contributed by atoms with E-state index in [-0.39, 0.29) is 10.8 Å². The van der Waals surface area contributed by atoms with Crippen LogP contribution >= 0.6 is 0 Å². The van der Waals surface area contributed by atoms with Crippen molar-refractivity contribution in [2.75, 3.05) is 13.2 Å². The van der Waals surface area contributed by atoms with Crippen molar-refractivity contribution >= 4 is 5.78 Å². The van der Waals surface area contributed by atoms with Crippen LogP contribution in [-0.2, 0) is 9.53 Å². The number of fused-ring (bicyclic) bond motifs is 5. The maximum absolute atomic E-state index is 12.4. The molecule has 4 nitrogen and oxygen atoms in total. The highest BCUT2D eigenvalue weighted by Crippen LogP contribution is 2.69. The van der Waals surface area contributed by atoms with Gasteiger partial charge < -0.3 is 9.84 Å². The number of unbranched alkanes of at least 4 members (excludes halogenated alkanes) is 6. The van der Waals surface area contributed by atoms with E-state index in [0.717, 1.165) is 64.6 Å². The molecule has 0 saturated heterocycles. The number of hydrogen-bond acceptors (Lipinski definition) is 4. The lowest BCUT2D eigenvalue weighted by molar-refractivity contribution is -0.135. The first-order chi connectivity index (χ1) is 17.2. The van der Waals surface area contributed by atoms with E-state index >= 15 is 0 Å². The van der Waals surface area contributed by atoms with Gasteiger partial charge in [0.1, 0.15) is 0 Å². The summed E-state index contributed by atoms with van der Waals surface area (Å²) in [5.41, 5.74) is 1.16. The van der Waals surface area contributed by atoms with E-state index in [2.05, 4.69) is 26.8 Å².